The first kappa shape index (κ1) is 18.7. The predicted octanol–water partition coefficient (Wildman–Crippen LogP) is 3.86. The van der Waals surface area contributed by atoms with Crippen molar-refractivity contribution in [1.29, 1.82) is 0 Å². The Morgan fingerprint density at radius 1 is 1.10 bits per heavy atom. The van der Waals surface area contributed by atoms with Crippen LogP contribution >= 0.6 is 0 Å². The summed E-state index contributed by atoms with van der Waals surface area (Å²) in [5.41, 5.74) is 2.40. The average molecular weight is 388 g/mol. The number of amides is 1. The Morgan fingerprint density at radius 2 is 1.83 bits per heavy atom. The van der Waals surface area contributed by atoms with Crippen molar-refractivity contribution in [3.8, 4) is 0 Å². The fraction of sp³-hybridized carbons (Fsp3) is 0.174. The van der Waals surface area contributed by atoms with E-state index in [0.29, 0.717) is 11.3 Å². The lowest BCUT2D eigenvalue weighted by molar-refractivity contribution is -0.140. The van der Waals surface area contributed by atoms with Crippen molar-refractivity contribution < 1.29 is 19.1 Å². The van der Waals surface area contributed by atoms with Gasteiger partial charge in [0.2, 0.25) is 0 Å². The number of aromatic nitrogens is 1. The van der Waals surface area contributed by atoms with Crippen LogP contribution in [-0.4, -0.2) is 26.7 Å². The number of benzene rings is 1. The lowest BCUT2D eigenvalue weighted by Gasteiger charge is -2.24. The van der Waals surface area contributed by atoms with E-state index in [1.54, 1.807) is 24.3 Å². The molecule has 0 saturated carbocycles. The van der Waals surface area contributed by atoms with Crippen LogP contribution in [0.15, 0.2) is 77.2 Å². The summed E-state index contributed by atoms with van der Waals surface area (Å²) in [7, 11) is 0. The molecule has 0 bridgehead atoms. The monoisotopic (exact) mass is 388 g/mol. The smallest absolute Gasteiger partial charge is 0.296 e. The molecule has 1 N–H and O–H groups in total. The van der Waals surface area contributed by atoms with E-state index in [9.17, 15) is 14.7 Å². The zero-order chi connectivity index (χ0) is 20.4. The maximum Gasteiger partial charge on any atom is 0.296 e. The summed E-state index contributed by atoms with van der Waals surface area (Å²) in [5.74, 6) is -1.03. The molecule has 0 radical (unpaired) electrons. The number of ketones is 1. The highest BCUT2D eigenvalue weighted by molar-refractivity contribution is 6.46. The van der Waals surface area contributed by atoms with Crippen LogP contribution in [0.5, 0.6) is 0 Å². The van der Waals surface area contributed by atoms with Crippen LogP contribution in [-0.2, 0) is 22.6 Å². The molecule has 6 nitrogen and oxygen atoms in total. The van der Waals surface area contributed by atoms with Crippen LogP contribution in [0.4, 0.5) is 0 Å². The van der Waals surface area contributed by atoms with E-state index in [0.717, 1.165) is 17.5 Å². The third-order valence-corrected chi connectivity index (χ3v) is 5.10. The lowest BCUT2D eigenvalue weighted by atomic mass is 9.94. The van der Waals surface area contributed by atoms with Gasteiger partial charge in [-0.1, -0.05) is 31.2 Å². The molecule has 3 heterocycles. The van der Waals surface area contributed by atoms with Crippen molar-refractivity contribution in [2.24, 2.45) is 0 Å². The van der Waals surface area contributed by atoms with Gasteiger partial charge in [-0.05, 0) is 41.8 Å². The van der Waals surface area contributed by atoms with Gasteiger partial charge in [0.05, 0.1) is 24.4 Å². The van der Waals surface area contributed by atoms with Gasteiger partial charge in [0.15, 0.2) is 0 Å². The van der Waals surface area contributed by atoms with Gasteiger partial charge in [0.25, 0.3) is 11.7 Å². The van der Waals surface area contributed by atoms with Gasteiger partial charge in [0.1, 0.15) is 11.5 Å². The van der Waals surface area contributed by atoms with Crippen molar-refractivity contribution in [3.63, 3.8) is 0 Å². The number of Topliss-reactive ketones (excluding diaryl/α,β-unsaturated/α-hetero) is 1. The number of aliphatic hydroxyl groups excluding tert-OH is 1. The Labute approximate surface area is 168 Å². The summed E-state index contributed by atoms with van der Waals surface area (Å²) in [6.07, 6.45) is 5.45. The molecule has 1 aliphatic heterocycles. The number of likely N-dealkylation sites (tertiary alicyclic amines) is 1. The zero-order valence-corrected chi connectivity index (χ0v) is 15.9. The van der Waals surface area contributed by atoms with Gasteiger partial charge in [-0.2, -0.15) is 0 Å². The molecule has 0 aliphatic carbocycles. The molecule has 3 aromatic rings. The van der Waals surface area contributed by atoms with Crippen LogP contribution in [0.25, 0.3) is 5.76 Å². The third kappa shape index (κ3) is 3.45. The van der Waals surface area contributed by atoms with Crippen LogP contribution in [0.3, 0.4) is 0 Å². The average Bonchev–Trinajstić information content (AvgIpc) is 3.36. The second kappa shape index (κ2) is 7.75. The summed E-state index contributed by atoms with van der Waals surface area (Å²) in [5, 5.41) is 10.9. The maximum atomic E-state index is 12.9. The van der Waals surface area contributed by atoms with Crippen LogP contribution in [0, 0.1) is 0 Å². The Kier molecular flexibility index (Phi) is 4.99. The minimum Gasteiger partial charge on any atom is -0.507 e. The van der Waals surface area contributed by atoms with E-state index in [1.807, 2.05) is 24.3 Å². The molecule has 146 valence electrons. The molecular formula is C23H20N2O4. The minimum atomic E-state index is -0.713. The number of rotatable bonds is 5. The molecule has 1 amide bonds. The van der Waals surface area contributed by atoms with Crippen molar-refractivity contribution in [1.82, 2.24) is 9.88 Å². The number of furan rings is 1. The van der Waals surface area contributed by atoms with Gasteiger partial charge in [-0.25, -0.2) is 0 Å². The SMILES string of the molecule is CCc1ccc(C2/C(=C(/O)c3ccncc3)C(=O)C(=O)N2Cc2ccco2)cc1. The minimum absolute atomic E-state index is 0.0667. The number of aryl methyl sites for hydroxylation is 1. The first-order valence-electron chi connectivity index (χ1n) is 9.40. The van der Waals surface area contributed by atoms with E-state index in [-0.39, 0.29) is 17.9 Å². The standard InChI is InChI=1S/C23H20N2O4/c1-2-15-5-7-16(8-6-15)20-19(21(26)17-9-11-24-12-10-17)22(27)23(28)25(20)14-18-4-3-13-29-18/h3-13,20,26H,2,14H2,1H3/b21-19-. The highest BCUT2D eigenvalue weighted by atomic mass is 16.3. The quantitative estimate of drug-likeness (QED) is 0.408. The zero-order valence-electron chi connectivity index (χ0n) is 15.9. The fourth-order valence-electron chi connectivity index (χ4n) is 3.56. The number of hydrogen-bond acceptors (Lipinski definition) is 5. The predicted molar refractivity (Wildman–Crippen MR) is 107 cm³/mol. The molecule has 1 atom stereocenters. The highest BCUT2D eigenvalue weighted by Crippen LogP contribution is 2.40. The van der Waals surface area contributed by atoms with Crippen LogP contribution in [0.2, 0.25) is 0 Å². The molecular weight excluding hydrogens is 368 g/mol. The van der Waals surface area contributed by atoms with Crippen LogP contribution in [0.1, 0.15) is 35.4 Å². The van der Waals surface area contributed by atoms with Crippen LogP contribution < -0.4 is 0 Å². The number of pyridine rings is 1. The first-order chi connectivity index (χ1) is 14.1. The van der Waals surface area contributed by atoms with Gasteiger partial charge >= 0.3 is 0 Å². The Bertz CT molecular complexity index is 1050. The molecule has 29 heavy (non-hydrogen) atoms. The van der Waals surface area contributed by atoms with E-state index in [4.69, 9.17) is 4.42 Å². The van der Waals surface area contributed by atoms with Gasteiger partial charge < -0.3 is 14.4 Å². The van der Waals surface area contributed by atoms with Crippen molar-refractivity contribution in [2.45, 2.75) is 25.9 Å². The first-order valence-corrected chi connectivity index (χ1v) is 9.40. The molecule has 1 aliphatic rings. The number of carbonyl (C=O) groups is 2. The number of nitrogens with zero attached hydrogens (tertiary/aromatic N) is 2. The second-order valence-electron chi connectivity index (χ2n) is 6.84. The molecule has 1 aromatic carbocycles. The molecule has 1 unspecified atom stereocenters. The van der Waals surface area contributed by atoms with Crippen molar-refractivity contribution in [3.05, 3.63) is 95.2 Å². The van der Waals surface area contributed by atoms with E-state index in [1.165, 1.54) is 23.6 Å². The summed E-state index contributed by atoms with van der Waals surface area (Å²) in [6.45, 7) is 2.19. The Balaban J connectivity index is 1.85. The normalized spacial score (nSPS) is 18.4. The summed E-state index contributed by atoms with van der Waals surface area (Å²) < 4.78 is 5.39. The highest BCUT2D eigenvalue weighted by Gasteiger charge is 2.46. The summed E-state index contributed by atoms with van der Waals surface area (Å²) >= 11 is 0. The van der Waals surface area contributed by atoms with E-state index < -0.39 is 17.7 Å². The summed E-state index contributed by atoms with van der Waals surface area (Å²) in [6, 6.07) is 13.7. The lowest BCUT2D eigenvalue weighted by Crippen LogP contribution is -2.29. The van der Waals surface area contributed by atoms with Crippen molar-refractivity contribution in [2.75, 3.05) is 0 Å². The molecule has 0 spiro atoms. The molecule has 2 aromatic heterocycles. The Morgan fingerprint density at radius 3 is 2.45 bits per heavy atom. The number of hydrogen-bond donors (Lipinski definition) is 1. The second-order valence-corrected chi connectivity index (χ2v) is 6.84. The van der Waals surface area contributed by atoms with Gasteiger partial charge in [0, 0.05) is 18.0 Å². The topological polar surface area (TPSA) is 83.6 Å². The maximum absolute atomic E-state index is 12.9. The van der Waals surface area contributed by atoms with Gasteiger partial charge in [-0.15, -0.1) is 0 Å². The number of carbonyl (C=O) groups excluding carboxylic acids is 2. The molecule has 4 rings (SSSR count). The molecule has 1 saturated heterocycles. The fourth-order valence-corrected chi connectivity index (χ4v) is 3.56. The number of aliphatic hydroxyl groups is 1. The molecule has 1 fully saturated rings. The largest absolute Gasteiger partial charge is 0.507 e. The van der Waals surface area contributed by atoms with E-state index >= 15 is 0 Å². The third-order valence-electron chi connectivity index (χ3n) is 5.10. The van der Waals surface area contributed by atoms with E-state index in [2.05, 4.69) is 11.9 Å². The van der Waals surface area contributed by atoms with Crippen molar-refractivity contribution >= 4 is 17.4 Å². The van der Waals surface area contributed by atoms with Gasteiger partial charge in [-0.3, -0.25) is 14.6 Å². The Hall–Kier alpha value is -3.67. The molecule has 6 heteroatoms. The summed E-state index contributed by atoms with van der Waals surface area (Å²) in [4.78, 5) is 31.2.